The van der Waals surface area contributed by atoms with E-state index in [-0.39, 0.29) is 5.91 Å². The number of nitrogens with zero attached hydrogens (tertiary/aromatic N) is 1. The number of ether oxygens (including phenoxy) is 1. The summed E-state index contributed by atoms with van der Waals surface area (Å²) < 4.78 is 4.92. The number of carbonyl (C=O) groups excluding carboxylic acids is 2. The molecule has 134 valence electrons. The molecule has 0 fully saturated rings. The molecular weight excluding hydrogens is 370 g/mol. The number of fused-ring (bicyclic) bond motifs is 2. The molecule has 0 atom stereocenters. The van der Waals surface area contributed by atoms with Crippen LogP contribution in [0.15, 0.2) is 12.1 Å². The van der Waals surface area contributed by atoms with Crippen LogP contribution in [-0.2, 0) is 17.6 Å². The summed E-state index contributed by atoms with van der Waals surface area (Å²) in [7, 11) is 1.35. The topological polar surface area (TPSA) is 94.3 Å². The van der Waals surface area contributed by atoms with E-state index in [2.05, 4.69) is 10.3 Å². The second-order valence-electron chi connectivity index (χ2n) is 6.16. The van der Waals surface area contributed by atoms with E-state index in [4.69, 9.17) is 10.5 Å². The minimum Gasteiger partial charge on any atom is -0.465 e. The molecule has 0 radical (unpaired) electrons. The Labute approximate surface area is 158 Å². The largest absolute Gasteiger partial charge is 0.465 e. The molecule has 6 nitrogen and oxygen atoms in total. The number of aryl methyl sites for hydroxylation is 2. The molecule has 4 rings (SSSR count). The van der Waals surface area contributed by atoms with Crippen LogP contribution in [0.2, 0.25) is 0 Å². The number of nitrogens with one attached hydrogen (secondary N) is 1. The zero-order valence-electron chi connectivity index (χ0n) is 14.3. The molecule has 0 saturated carbocycles. The number of hydrogen-bond acceptors (Lipinski definition) is 7. The van der Waals surface area contributed by atoms with Crippen molar-refractivity contribution in [1.29, 1.82) is 0 Å². The van der Waals surface area contributed by atoms with E-state index >= 15 is 0 Å². The van der Waals surface area contributed by atoms with Gasteiger partial charge in [0.2, 0.25) is 0 Å². The number of carbonyl (C=O) groups is 2. The standard InChI is InChI=1S/C18H17N3O3S2/c1-8-6-7-10-13(19)14(26-16(10)20-8)15(22)21-17-12(18(23)24-2)9-4-3-5-11(9)25-17/h6-7H,3-5,19H2,1-2H3,(H,21,22). The maximum absolute atomic E-state index is 12.8. The fraction of sp³-hybridized carbons (Fsp3) is 0.278. The molecule has 0 aliphatic heterocycles. The molecule has 0 saturated heterocycles. The van der Waals surface area contributed by atoms with E-state index in [1.54, 1.807) is 0 Å². The summed E-state index contributed by atoms with van der Waals surface area (Å²) in [6.07, 6.45) is 2.78. The Morgan fingerprint density at radius 2 is 2.08 bits per heavy atom. The highest BCUT2D eigenvalue weighted by Gasteiger charge is 2.29. The number of amides is 1. The van der Waals surface area contributed by atoms with Crippen molar-refractivity contribution in [2.45, 2.75) is 26.2 Å². The Morgan fingerprint density at radius 3 is 2.85 bits per heavy atom. The molecule has 1 aliphatic carbocycles. The molecule has 3 aromatic rings. The smallest absolute Gasteiger partial charge is 0.341 e. The zero-order chi connectivity index (χ0) is 18.4. The van der Waals surface area contributed by atoms with Gasteiger partial charge in [0.25, 0.3) is 5.91 Å². The van der Waals surface area contributed by atoms with Gasteiger partial charge in [-0.15, -0.1) is 22.7 Å². The van der Waals surface area contributed by atoms with Crippen LogP contribution in [0.3, 0.4) is 0 Å². The molecule has 0 spiro atoms. The highest BCUT2D eigenvalue weighted by molar-refractivity contribution is 7.21. The van der Waals surface area contributed by atoms with Crippen molar-refractivity contribution in [2.75, 3.05) is 18.2 Å². The molecule has 0 unspecified atom stereocenters. The summed E-state index contributed by atoms with van der Waals surface area (Å²) >= 11 is 2.70. The van der Waals surface area contributed by atoms with E-state index in [0.29, 0.717) is 21.1 Å². The third-order valence-electron chi connectivity index (χ3n) is 4.48. The number of nitrogen functional groups attached to an aromatic ring is 1. The summed E-state index contributed by atoms with van der Waals surface area (Å²) in [5.74, 6) is -0.741. The zero-order valence-corrected chi connectivity index (χ0v) is 16.0. The molecule has 0 aromatic carbocycles. The van der Waals surface area contributed by atoms with Crippen molar-refractivity contribution in [2.24, 2.45) is 0 Å². The summed E-state index contributed by atoms with van der Waals surface area (Å²) in [4.78, 5) is 31.8. The number of methoxy groups -OCH3 is 1. The first-order valence-electron chi connectivity index (χ1n) is 8.19. The van der Waals surface area contributed by atoms with Gasteiger partial charge < -0.3 is 15.8 Å². The maximum atomic E-state index is 12.8. The van der Waals surface area contributed by atoms with E-state index in [1.807, 2.05) is 19.1 Å². The average Bonchev–Trinajstić information content (AvgIpc) is 3.27. The molecule has 1 amide bonds. The van der Waals surface area contributed by atoms with E-state index < -0.39 is 5.97 Å². The molecule has 8 heteroatoms. The third kappa shape index (κ3) is 2.65. The van der Waals surface area contributed by atoms with Gasteiger partial charge in [-0.1, -0.05) is 0 Å². The average molecular weight is 387 g/mol. The lowest BCUT2D eigenvalue weighted by Crippen LogP contribution is -2.14. The van der Waals surface area contributed by atoms with Gasteiger partial charge in [0.05, 0.1) is 18.4 Å². The lowest BCUT2D eigenvalue weighted by atomic mass is 10.1. The highest BCUT2D eigenvalue weighted by atomic mass is 32.1. The Bertz CT molecular complexity index is 1050. The number of hydrogen-bond donors (Lipinski definition) is 2. The Morgan fingerprint density at radius 1 is 1.27 bits per heavy atom. The second-order valence-corrected chi connectivity index (χ2v) is 8.26. The van der Waals surface area contributed by atoms with Gasteiger partial charge in [-0.25, -0.2) is 9.78 Å². The van der Waals surface area contributed by atoms with Crippen LogP contribution in [-0.4, -0.2) is 24.0 Å². The van der Waals surface area contributed by atoms with Gasteiger partial charge >= 0.3 is 5.97 Å². The molecule has 1 aliphatic rings. The Balaban J connectivity index is 1.71. The second kappa shape index (κ2) is 6.37. The van der Waals surface area contributed by atoms with Gasteiger partial charge in [0, 0.05) is 16.0 Å². The quantitative estimate of drug-likeness (QED) is 0.667. The van der Waals surface area contributed by atoms with Crippen LogP contribution in [0.5, 0.6) is 0 Å². The fourth-order valence-corrected chi connectivity index (χ4v) is 5.54. The molecule has 26 heavy (non-hydrogen) atoms. The SMILES string of the molecule is COC(=O)c1c(NC(=O)c2sc3nc(C)ccc3c2N)sc2c1CCC2. The van der Waals surface area contributed by atoms with Gasteiger partial charge in [0.15, 0.2) is 0 Å². The molecule has 0 bridgehead atoms. The fourth-order valence-electron chi connectivity index (χ4n) is 3.23. The van der Waals surface area contributed by atoms with Gasteiger partial charge in [-0.05, 0) is 43.9 Å². The predicted octanol–water partition coefficient (Wildman–Crippen LogP) is 3.78. The number of rotatable bonds is 3. The van der Waals surface area contributed by atoms with Crippen LogP contribution in [0.1, 0.15) is 42.6 Å². The number of pyridine rings is 1. The van der Waals surface area contributed by atoms with E-state index in [1.165, 1.54) is 29.8 Å². The summed E-state index contributed by atoms with van der Waals surface area (Å²) in [5, 5.41) is 4.17. The number of nitrogens with two attached hydrogens (primary N) is 1. The Kier molecular flexibility index (Phi) is 4.16. The molecule has 3 aromatic heterocycles. The third-order valence-corrected chi connectivity index (χ3v) is 6.80. The summed E-state index contributed by atoms with van der Waals surface area (Å²) in [6.45, 7) is 1.89. The maximum Gasteiger partial charge on any atom is 0.341 e. The van der Waals surface area contributed by atoms with Gasteiger partial charge in [0.1, 0.15) is 14.7 Å². The number of anilines is 2. The molecular formula is C18H17N3O3S2. The highest BCUT2D eigenvalue weighted by Crippen LogP contribution is 2.40. The van der Waals surface area contributed by atoms with Gasteiger partial charge in [-0.3, -0.25) is 4.79 Å². The van der Waals surface area contributed by atoms with Crippen molar-refractivity contribution in [3.05, 3.63) is 38.7 Å². The molecule has 3 N–H and O–H groups in total. The lowest BCUT2D eigenvalue weighted by molar-refractivity contribution is 0.0601. The van der Waals surface area contributed by atoms with Crippen molar-refractivity contribution in [1.82, 2.24) is 4.98 Å². The normalized spacial score (nSPS) is 13.0. The minimum absolute atomic E-state index is 0.326. The summed E-state index contributed by atoms with van der Waals surface area (Å²) in [6, 6.07) is 3.74. The number of esters is 1. The minimum atomic E-state index is -0.415. The van der Waals surface area contributed by atoms with Crippen molar-refractivity contribution < 1.29 is 14.3 Å². The first-order chi connectivity index (χ1) is 12.5. The summed E-state index contributed by atoms with van der Waals surface area (Å²) in [5.41, 5.74) is 8.92. The van der Waals surface area contributed by atoms with Crippen LogP contribution in [0.25, 0.3) is 10.2 Å². The van der Waals surface area contributed by atoms with Gasteiger partial charge in [-0.2, -0.15) is 0 Å². The predicted molar refractivity (Wildman–Crippen MR) is 104 cm³/mol. The van der Waals surface area contributed by atoms with Crippen LogP contribution < -0.4 is 11.1 Å². The first-order valence-corrected chi connectivity index (χ1v) is 9.82. The van der Waals surface area contributed by atoms with Crippen LogP contribution in [0.4, 0.5) is 10.7 Å². The molecule has 3 heterocycles. The van der Waals surface area contributed by atoms with Crippen LogP contribution in [0, 0.1) is 6.92 Å². The Hall–Kier alpha value is -2.45. The number of thiophene rings is 2. The van der Waals surface area contributed by atoms with E-state index in [0.717, 1.165) is 45.6 Å². The lowest BCUT2D eigenvalue weighted by Gasteiger charge is -2.06. The van der Waals surface area contributed by atoms with Crippen LogP contribution >= 0.6 is 22.7 Å². The number of aromatic nitrogens is 1. The van der Waals surface area contributed by atoms with E-state index in [9.17, 15) is 9.59 Å². The first kappa shape index (κ1) is 17.0. The monoisotopic (exact) mass is 387 g/mol. The van der Waals surface area contributed by atoms with Crippen molar-refractivity contribution >= 4 is 55.5 Å². The van der Waals surface area contributed by atoms with Crippen molar-refractivity contribution in [3.8, 4) is 0 Å². The van der Waals surface area contributed by atoms with Crippen molar-refractivity contribution in [3.63, 3.8) is 0 Å².